The van der Waals surface area contributed by atoms with Crippen molar-refractivity contribution in [2.75, 3.05) is 13.1 Å². The summed E-state index contributed by atoms with van der Waals surface area (Å²) in [6.07, 6.45) is 0. The van der Waals surface area contributed by atoms with Gasteiger partial charge in [0.05, 0.1) is 12.1 Å². The number of halogens is 2. The Hall–Kier alpha value is -2.76. The minimum atomic E-state index is -0.650. The number of nitrogens with one attached hydrogen (secondary N) is 1. The second-order valence-corrected chi connectivity index (χ2v) is 5.20. The predicted molar refractivity (Wildman–Crippen MR) is 86.2 cm³/mol. The molecule has 0 fully saturated rings. The molecule has 6 heteroatoms. The van der Waals surface area contributed by atoms with E-state index in [4.69, 9.17) is 0 Å². The molecule has 0 saturated carbocycles. The molecule has 2 amide bonds. The number of carbonyl (C=O) groups is 2. The Morgan fingerprint density at radius 1 is 1.08 bits per heavy atom. The first-order valence-corrected chi connectivity index (χ1v) is 7.56. The molecule has 2 aromatic carbocycles. The van der Waals surface area contributed by atoms with Gasteiger partial charge >= 0.3 is 0 Å². The second kappa shape index (κ2) is 8.19. The van der Waals surface area contributed by atoms with Crippen molar-refractivity contribution in [3.05, 3.63) is 71.3 Å². The number of benzene rings is 2. The summed E-state index contributed by atoms with van der Waals surface area (Å²) in [5, 5.41) is 2.41. The van der Waals surface area contributed by atoms with Crippen LogP contribution in [0.3, 0.4) is 0 Å². The van der Waals surface area contributed by atoms with E-state index in [9.17, 15) is 18.4 Å². The van der Waals surface area contributed by atoms with Gasteiger partial charge in [-0.2, -0.15) is 0 Å². The topological polar surface area (TPSA) is 49.4 Å². The van der Waals surface area contributed by atoms with Crippen LogP contribution in [0.4, 0.5) is 8.78 Å². The zero-order chi connectivity index (χ0) is 17.5. The Labute approximate surface area is 139 Å². The molecule has 2 rings (SSSR count). The van der Waals surface area contributed by atoms with Crippen molar-refractivity contribution >= 4 is 11.8 Å². The van der Waals surface area contributed by atoms with E-state index in [1.54, 1.807) is 25.1 Å². The molecule has 0 spiro atoms. The number of hydrogen-bond donors (Lipinski definition) is 1. The van der Waals surface area contributed by atoms with E-state index in [0.717, 1.165) is 0 Å². The lowest BCUT2D eigenvalue weighted by Gasteiger charge is -2.21. The average molecular weight is 332 g/mol. The lowest BCUT2D eigenvalue weighted by Crippen LogP contribution is -2.40. The Morgan fingerprint density at radius 3 is 2.50 bits per heavy atom. The van der Waals surface area contributed by atoms with Gasteiger partial charge in [-0.3, -0.25) is 9.59 Å². The van der Waals surface area contributed by atoms with Crippen molar-refractivity contribution in [3.8, 4) is 0 Å². The fourth-order valence-corrected chi connectivity index (χ4v) is 2.24. The van der Waals surface area contributed by atoms with Crippen LogP contribution in [0.25, 0.3) is 0 Å². The molecule has 0 radical (unpaired) electrons. The number of likely N-dealkylation sites (N-methyl/N-ethyl adjacent to an activating group) is 1. The van der Waals surface area contributed by atoms with E-state index < -0.39 is 11.7 Å². The largest absolute Gasteiger partial charge is 0.343 e. The molecule has 0 aromatic heterocycles. The van der Waals surface area contributed by atoms with Crippen LogP contribution in [0.15, 0.2) is 48.5 Å². The van der Waals surface area contributed by atoms with E-state index in [2.05, 4.69) is 5.32 Å². The number of rotatable bonds is 6. The fraction of sp³-hybridized carbons (Fsp3) is 0.222. The molecule has 0 aliphatic heterocycles. The van der Waals surface area contributed by atoms with Crippen LogP contribution in [-0.2, 0) is 11.3 Å². The van der Waals surface area contributed by atoms with Crippen LogP contribution in [0.2, 0.25) is 0 Å². The summed E-state index contributed by atoms with van der Waals surface area (Å²) < 4.78 is 26.7. The molecule has 0 aliphatic carbocycles. The Kier molecular flexibility index (Phi) is 6.01. The van der Waals surface area contributed by atoms with Crippen LogP contribution in [0.1, 0.15) is 22.8 Å². The number of amides is 2. The summed E-state index contributed by atoms with van der Waals surface area (Å²) in [5.74, 6) is -1.99. The molecule has 0 unspecified atom stereocenters. The van der Waals surface area contributed by atoms with Gasteiger partial charge in [-0.1, -0.05) is 24.3 Å². The van der Waals surface area contributed by atoms with Gasteiger partial charge in [-0.25, -0.2) is 8.78 Å². The minimum Gasteiger partial charge on any atom is -0.343 e. The first-order chi connectivity index (χ1) is 11.5. The van der Waals surface area contributed by atoms with E-state index in [1.165, 1.54) is 35.2 Å². The zero-order valence-corrected chi connectivity index (χ0v) is 13.3. The monoisotopic (exact) mass is 332 g/mol. The maximum absolute atomic E-state index is 13.5. The van der Waals surface area contributed by atoms with E-state index in [0.29, 0.717) is 12.1 Å². The summed E-state index contributed by atoms with van der Waals surface area (Å²) in [7, 11) is 0. The third-order valence-corrected chi connectivity index (χ3v) is 3.52. The summed E-state index contributed by atoms with van der Waals surface area (Å²) in [5.41, 5.74) is 0.545. The summed E-state index contributed by atoms with van der Waals surface area (Å²) in [4.78, 5) is 25.6. The third kappa shape index (κ3) is 4.62. The highest BCUT2D eigenvalue weighted by atomic mass is 19.1. The van der Waals surface area contributed by atoms with Gasteiger partial charge in [-0.05, 0) is 36.8 Å². The van der Waals surface area contributed by atoms with Gasteiger partial charge in [0.15, 0.2) is 0 Å². The van der Waals surface area contributed by atoms with Crippen LogP contribution in [0, 0.1) is 11.6 Å². The van der Waals surface area contributed by atoms with Gasteiger partial charge < -0.3 is 10.2 Å². The zero-order valence-electron chi connectivity index (χ0n) is 13.3. The summed E-state index contributed by atoms with van der Waals surface area (Å²) in [6.45, 7) is 2.18. The quantitative estimate of drug-likeness (QED) is 0.884. The first kappa shape index (κ1) is 17.6. The maximum Gasteiger partial charge on any atom is 0.254 e. The van der Waals surface area contributed by atoms with Crippen LogP contribution >= 0.6 is 0 Å². The van der Waals surface area contributed by atoms with Crippen molar-refractivity contribution in [2.45, 2.75) is 13.5 Å². The molecule has 4 nitrogen and oxygen atoms in total. The molecule has 2 aromatic rings. The molecular weight excluding hydrogens is 314 g/mol. The number of nitrogens with zero attached hydrogens (tertiary/aromatic N) is 1. The SMILES string of the molecule is CCN(Cc1cccc(F)c1)C(=O)CNC(=O)c1ccccc1F. The highest BCUT2D eigenvalue weighted by molar-refractivity contribution is 5.96. The minimum absolute atomic E-state index is 0.113. The van der Waals surface area contributed by atoms with E-state index in [-0.39, 0.29) is 30.4 Å². The van der Waals surface area contributed by atoms with Gasteiger partial charge in [0.25, 0.3) is 5.91 Å². The molecular formula is C18H18F2N2O2. The number of hydrogen-bond acceptors (Lipinski definition) is 2. The molecule has 1 N–H and O–H groups in total. The fourth-order valence-electron chi connectivity index (χ4n) is 2.24. The molecule has 0 saturated heterocycles. The molecule has 24 heavy (non-hydrogen) atoms. The van der Waals surface area contributed by atoms with Crippen molar-refractivity contribution in [1.82, 2.24) is 10.2 Å². The highest BCUT2D eigenvalue weighted by Crippen LogP contribution is 2.08. The van der Waals surface area contributed by atoms with E-state index >= 15 is 0 Å². The Bertz CT molecular complexity index is 734. The molecule has 0 heterocycles. The Morgan fingerprint density at radius 2 is 1.83 bits per heavy atom. The standard InChI is InChI=1S/C18H18F2N2O2/c1-2-22(12-13-6-5-7-14(19)10-13)17(23)11-21-18(24)15-8-3-4-9-16(15)20/h3-10H,2,11-12H2,1H3,(H,21,24). The lowest BCUT2D eigenvalue weighted by molar-refractivity contribution is -0.130. The van der Waals surface area contributed by atoms with Gasteiger partial charge in [-0.15, -0.1) is 0 Å². The van der Waals surface area contributed by atoms with Gasteiger partial charge in [0.2, 0.25) is 5.91 Å². The molecule has 0 aliphatic rings. The van der Waals surface area contributed by atoms with Gasteiger partial charge in [0, 0.05) is 13.1 Å². The summed E-state index contributed by atoms with van der Waals surface area (Å²) in [6, 6.07) is 11.5. The first-order valence-electron chi connectivity index (χ1n) is 7.56. The normalized spacial score (nSPS) is 10.3. The summed E-state index contributed by atoms with van der Waals surface area (Å²) >= 11 is 0. The maximum atomic E-state index is 13.5. The second-order valence-electron chi connectivity index (χ2n) is 5.20. The lowest BCUT2D eigenvalue weighted by atomic mass is 10.2. The molecule has 126 valence electrons. The number of carbonyl (C=O) groups excluding carboxylic acids is 2. The van der Waals surface area contributed by atoms with Crippen LogP contribution in [-0.4, -0.2) is 29.8 Å². The predicted octanol–water partition coefficient (Wildman–Crippen LogP) is 2.74. The van der Waals surface area contributed by atoms with Crippen LogP contribution in [0.5, 0.6) is 0 Å². The van der Waals surface area contributed by atoms with Gasteiger partial charge in [0.1, 0.15) is 11.6 Å². The molecule has 0 atom stereocenters. The van der Waals surface area contributed by atoms with E-state index in [1.807, 2.05) is 0 Å². The smallest absolute Gasteiger partial charge is 0.254 e. The Balaban J connectivity index is 1.95. The molecule has 0 bridgehead atoms. The third-order valence-electron chi connectivity index (χ3n) is 3.52. The highest BCUT2D eigenvalue weighted by Gasteiger charge is 2.16. The van der Waals surface area contributed by atoms with Crippen molar-refractivity contribution in [2.24, 2.45) is 0 Å². The average Bonchev–Trinajstić information content (AvgIpc) is 2.57. The van der Waals surface area contributed by atoms with Crippen molar-refractivity contribution in [1.29, 1.82) is 0 Å². The van der Waals surface area contributed by atoms with Crippen molar-refractivity contribution < 1.29 is 18.4 Å². The van der Waals surface area contributed by atoms with Crippen LogP contribution < -0.4 is 5.32 Å². The van der Waals surface area contributed by atoms with Crippen molar-refractivity contribution in [3.63, 3.8) is 0 Å².